The molecule has 0 radical (unpaired) electrons. The SMILES string of the molecule is CC(NCc1cccc(C(F)F)c1)c1ccc(F)cc1. The average molecular weight is 279 g/mol. The second kappa shape index (κ2) is 6.57. The molecule has 0 aliphatic heterocycles. The average Bonchev–Trinajstić information content (AvgIpc) is 2.46. The third-order valence-corrected chi connectivity index (χ3v) is 3.19. The standard InChI is InChI=1S/C16H16F3N/c1-11(13-5-7-15(17)8-6-13)20-10-12-3-2-4-14(9-12)16(18)19/h2-9,11,16,20H,10H2,1H3. The summed E-state index contributed by atoms with van der Waals surface area (Å²) in [5.74, 6) is -0.273. The summed E-state index contributed by atoms with van der Waals surface area (Å²) in [7, 11) is 0. The van der Waals surface area contributed by atoms with Crippen LogP contribution in [0.1, 0.15) is 36.1 Å². The molecule has 106 valence electrons. The summed E-state index contributed by atoms with van der Waals surface area (Å²) in [6.45, 7) is 2.43. The zero-order valence-corrected chi connectivity index (χ0v) is 11.1. The first-order valence-corrected chi connectivity index (χ1v) is 6.42. The normalized spacial score (nSPS) is 12.7. The lowest BCUT2D eigenvalue weighted by Crippen LogP contribution is -2.18. The lowest BCUT2D eigenvalue weighted by molar-refractivity contribution is 0.151. The van der Waals surface area contributed by atoms with Gasteiger partial charge in [-0.1, -0.05) is 30.3 Å². The highest BCUT2D eigenvalue weighted by Crippen LogP contribution is 2.20. The van der Waals surface area contributed by atoms with Crippen LogP contribution < -0.4 is 5.32 Å². The van der Waals surface area contributed by atoms with Crippen LogP contribution >= 0.6 is 0 Å². The molecule has 20 heavy (non-hydrogen) atoms. The molecule has 4 heteroatoms. The molecule has 0 aliphatic carbocycles. The van der Waals surface area contributed by atoms with E-state index in [9.17, 15) is 13.2 Å². The quantitative estimate of drug-likeness (QED) is 0.842. The maximum absolute atomic E-state index is 12.8. The Hall–Kier alpha value is -1.81. The molecule has 0 saturated heterocycles. The van der Waals surface area contributed by atoms with Crippen molar-refractivity contribution < 1.29 is 13.2 Å². The smallest absolute Gasteiger partial charge is 0.263 e. The van der Waals surface area contributed by atoms with Gasteiger partial charge in [0.15, 0.2) is 0 Å². The van der Waals surface area contributed by atoms with E-state index in [0.29, 0.717) is 6.54 Å². The van der Waals surface area contributed by atoms with Gasteiger partial charge in [-0.25, -0.2) is 13.2 Å². The second-order valence-electron chi connectivity index (χ2n) is 4.70. The summed E-state index contributed by atoms with van der Waals surface area (Å²) < 4.78 is 38.0. The van der Waals surface area contributed by atoms with Gasteiger partial charge >= 0.3 is 0 Å². The van der Waals surface area contributed by atoms with Gasteiger partial charge in [-0.15, -0.1) is 0 Å². The van der Waals surface area contributed by atoms with Gasteiger partial charge < -0.3 is 5.32 Å². The first-order valence-electron chi connectivity index (χ1n) is 6.42. The highest BCUT2D eigenvalue weighted by molar-refractivity contribution is 5.25. The molecule has 2 aromatic rings. The van der Waals surface area contributed by atoms with Gasteiger partial charge in [0.25, 0.3) is 6.43 Å². The van der Waals surface area contributed by atoms with Gasteiger partial charge in [0, 0.05) is 18.2 Å². The van der Waals surface area contributed by atoms with Crippen molar-refractivity contribution >= 4 is 0 Å². The Morgan fingerprint density at radius 1 is 1.00 bits per heavy atom. The van der Waals surface area contributed by atoms with E-state index in [1.54, 1.807) is 24.3 Å². The van der Waals surface area contributed by atoms with E-state index in [4.69, 9.17) is 0 Å². The van der Waals surface area contributed by atoms with E-state index in [-0.39, 0.29) is 17.4 Å². The Morgan fingerprint density at radius 2 is 1.70 bits per heavy atom. The molecule has 1 N–H and O–H groups in total. The van der Waals surface area contributed by atoms with Crippen molar-refractivity contribution in [3.05, 3.63) is 71.0 Å². The van der Waals surface area contributed by atoms with Crippen LogP contribution in [-0.2, 0) is 6.54 Å². The minimum absolute atomic E-state index is 0.0193. The van der Waals surface area contributed by atoms with Crippen LogP contribution in [0.3, 0.4) is 0 Å². The van der Waals surface area contributed by atoms with Crippen LogP contribution in [0.4, 0.5) is 13.2 Å². The summed E-state index contributed by atoms with van der Waals surface area (Å²) in [5, 5.41) is 3.23. The second-order valence-corrected chi connectivity index (χ2v) is 4.70. The van der Waals surface area contributed by atoms with Crippen LogP contribution in [0.5, 0.6) is 0 Å². The van der Waals surface area contributed by atoms with Crippen molar-refractivity contribution in [1.29, 1.82) is 0 Å². The molecule has 0 spiro atoms. The minimum atomic E-state index is -2.45. The summed E-state index contributed by atoms with van der Waals surface area (Å²) in [5.41, 5.74) is 1.78. The zero-order valence-electron chi connectivity index (χ0n) is 11.1. The van der Waals surface area contributed by atoms with Crippen LogP contribution in [0, 0.1) is 5.82 Å². The summed E-state index contributed by atoms with van der Waals surface area (Å²) in [4.78, 5) is 0. The summed E-state index contributed by atoms with van der Waals surface area (Å²) >= 11 is 0. The Balaban J connectivity index is 1.97. The monoisotopic (exact) mass is 279 g/mol. The van der Waals surface area contributed by atoms with Gasteiger partial charge in [-0.2, -0.15) is 0 Å². The molecule has 0 amide bonds. The molecule has 0 fully saturated rings. The number of halogens is 3. The molecule has 1 nitrogen and oxygen atoms in total. The fourth-order valence-electron chi connectivity index (χ4n) is 1.98. The molecular weight excluding hydrogens is 263 g/mol. The largest absolute Gasteiger partial charge is 0.306 e. The van der Waals surface area contributed by atoms with E-state index >= 15 is 0 Å². The molecule has 0 aromatic heterocycles. The first kappa shape index (κ1) is 14.6. The Labute approximate surface area is 116 Å². The number of nitrogens with one attached hydrogen (secondary N) is 1. The van der Waals surface area contributed by atoms with Gasteiger partial charge in [0.1, 0.15) is 5.82 Å². The lowest BCUT2D eigenvalue weighted by atomic mass is 10.1. The van der Waals surface area contributed by atoms with Gasteiger partial charge in [-0.05, 0) is 36.2 Å². The maximum Gasteiger partial charge on any atom is 0.263 e. The molecule has 0 bridgehead atoms. The van der Waals surface area contributed by atoms with Gasteiger partial charge in [0.2, 0.25) is 0 Å². The van der Waals surface area contributed by atoms with Crippen molar-refractivity contribution in [2.75, 3.05) is 0 Å². The lowest BCUT2D eigenvalue weighted by Gasteiger charge is -2.14. The van der Waals surface area contributed by atoms with E-state index in [0.717, 1.165) is 11.1 Å². The highest BCUT2D eigenvalue weighted by atomic mass is 19.3. The van der Waals surface area contributed by atoms with Crippen molar-refractivity contribution in [3.8, 4) is 0 Å². The Bertz CT molecular complexity index is 552. The van der Waals surface area contributed by atoms with E-state index < -0.39 is 6.43 Å². The predicted molar refractivity (Wildman–Crippen MR) is 73.1 cm³/mol. The third kappa shape index (κ3) is 3.84. The molecule has 2 rings (SSSR count). The molecular formula is C16H16F3N. The predicted octanol–water partition coefficient (Wildman–Crippen LogP) is 4.61. The topological polar surface area (TPSA) is 12.0 Å². The van der Waals surface area contributed by atoms with Crippen molar-refractivity contribution in [2.45, 2.75) is 25.9 Å². The Kier molecular flexibility index (Phi) is 4.79. The minimum Gasteiger partial charge on any atom is -0.306 e. The van der Waals surface area contributed by atoms with E-state index in [1.165, 1.54) is 24.3 Å². The fourth-order valence-corrected chi connectivity index (χ4v) is 1.98. The van der Waals surface area contributed by atoms with Crippen molar-refractivity contribution in [2.24, 2.45) is 0 Å². The molecule has 2 aromatic carbocycles. The number of hydrogen-bond acceptors (Lipinski definition) is 1. The van der Waals surface area contributed by atoms with Crippen LogP contribution in [0.15, 0.2) is 48.5 Å². The molecule has 1 atom stereocenters. The number of hydrogen-bond donors (Lipinski definition) is 1. The molecule has 0 aliphatic rings. The zero-order chi connectivity index (χ0) is 14.5. The first-order chi connectivity index (χ1) is 9.56. The fraction of sp³-hybridized carbons (Fsp3) is 0.250. The maximum atomic E-state index is 12.8. The molecule has 0 heterocycles. The van der Waals surface area contributed by atoms with Crippen LogP contribution in [-0.4, -0.2) is 0 Å². The number of rotatable bonds is 5. The van der Waals surface area contributed by atoms with Gasteiger partial charge in [-0.3, -0.25) is 0 Å². The van der Waals surface area contributed by atoms with E-state index in [2.05, 4.69) is 5.32 Å². The van der Waals surface area contributed by atoms with Crippen molar-refractivity contribution in [1.82, 2.24) is 5.32 Å². The Morgan fingerprint density at radius 3 is 2.35 bits per heavy atom. The molecule has 1 unspecified atom stereocenters. The number of alkyl halides is 2. The van der Waals surface area contributed by atoms with E-state index in [1.807, 2.05) is 6.92 Å². The summed E-state index contributed by atoms with van der Waals surface area (Å²) in [6, 6.07) is 12.6. The van der Waals surface area contributed by atoms with Crippen LogP contribution in [0.25, 0.3) is 0 Å². The van der Waals surface area contributed by atoms with Crippen LogP contribution in [0.2, 0.25) is 0 Å². The number of benzene rings is 2. The molecule has 0 saturated carbocycles. The van der Waals surface area contributed by atoms with Gasteiger partial charge in [0.05, 0.1) is 0 Å². The third-order valence-electron chi connectivity index (χ3n) is 3.19. The summed E-state index contributed by atoms with van der Waals surface area (Å²) in [6.07, 6.45) is -2.45. The highest BCUT2D eigenvalue weighted by Gasteiger charge is 2.08. The van der Waals surface area contributed by atoms with Crippen molar-refractivity contribution in [3.63, 3.8) is 0 Å².